The monoisotopic (exact) mass is 629 g/mol. The molecule has 7 aromatic rings. The van der Waals surface area contributed by atoms with E-state index < -0.39 is 0 Å². The number of anilines is 1. The highest BCUT2D eigenvalue weighted by atomic mass is 15.2. The van der Waals surface area contributed by atoms with Crippen LogP contribution in [-0.2, 0) is 0 Å². The molecule has 0 saturated heterocycles. The largest absolute Gasteiger partial charge is 0.335 e. The number of hydrogen-bond acceptors (Lipinski definition) is 3. The molecule has 0 amide bonds. The van der Waals surface area contributed by atoms with Crippen molar-refractivity contribution in [1.82, 2.24) is 4.98 Å². The Kier molecular flexibility index (Phi) is 7.38. The number of pyridine rings is 1. The molecule has 6 aromatic carbocycles. The van der Waals surface area contributed by atoms with Crippen LogP contribution in [-0.4, -0.2) is 18.2 Å². The molecule has 8 rings (SSSR count). The van der Waals surface area contributed by atoms with E-state index in [-0.39, 0.29) is 0 Å². The predicted molar refractivity (Wildman–Crippen MR) is 212 cm³/mol. The Labute approximate surface area is 286 Å². The molecule has 0 atom stereocenters. The second-order valence-corrected chi connectivity index (χ2v) is 12.3. The molecule has 2 heterocycles. The molecule has 49 heavy (non-hydrogen) atoms. The fourth-order valence-corrected chi connectivity index (χ4v) is 7.68. The third-order valence-electron chi connectivity index (χ3n) is 9.78. The lowest BCUT2D eigenvalue weighted by Gasteiger charge is -2.34. The van der Waals surface area contributed by atoms with Crippen molar-refractivity contribution < 1.29 is 0 Å². The van der Waals surface area contributed by atoms with Gasteiger partial charge in [-0.1, -0.05) is 123 Å². The average molecular weight is 630 g/mol. The highest BCUT2D eigenvalue weighted by molar-refractivity contribution is 6.34. The van der Waals surface area contributed by atoms with Crippen molar-refractivity contribution in [1.29, 1.82) is 0 Å². The van der Waals surface area contributed by atoms with Gasteiger partial charge in [0.2, 0.25) is 0 Å². The zero-order valence-corrected chi connectivity index (χ0v) is 27.6. The van der Waals surface area contributed by atoms with Gasteiger partial charge in [-0.15, -0.1) is 0 Å². The quantitative estimate of drug-likeness (QED) is 0.0950. The first kappa shape index (κ1) is 30.0. The first-order valence-electron chi connectivity index (χ1n) is 16.5. The van der Waals surface area contributed by atoms with E-state index >= 15 is 0 Å². The van der Waals surface area contributed by atoms with Crippen molar-refractivity contribution in [2.45, 2.75) is 6.92 Å². The van der Waals surface area contributed by atoms with Gasteiger partial charge in [-0.05, 0) is 98.2 Å². The topological polar surface area (TPSA) is 28.5 Å². The predicted octanol–water partition coefficient (Wildman–Crippen LogP) is 12.3. The van der Waals surface area contributed by atoms with Crippen molar-refractivity contribution in [3.8, 4) is 22.5 Å². The molecule has 0 radical (unpaired) electrons. The number of nitrogens with zero attached hydrogens (tertiary/aromatic N) is 3. The lowest BCUT2D eigenvalue weighted by Crippen LogP contribution is -2.29. The lowest BCUT2D eigenvalue weighted by atomic mass is 9.88. The minimum absolute atomic E-state index is 0.643. The van der Waals surface area contributed by atoms with Gasteiger partial charge >= 0.3 is 0 Å². The Balaban J connectivity index is 1.24. The number of rotatable bonds is 8. The zero-order valence-electron chi connectivity index (χ0n) is 27.6. The zero-order chi connectivity index (χ0) is 33.6. The molecular weight excluding hydrogens is 595 g/mol. The fraction of sp³-hybridized carbons (Fsp3) is 0.0435. The number of allylic oxidation sites excluding steroid dienone is 6. The van der Waals surface area contributed by atoms with E-state index in [9.17, 15) is 0 Å². The van der Waals surface area contributed by atoms with Gasteiger partial charge in [0, 0.05) is 28.9 Å². The van der Waals surface area contributed by atoms with Crippen LogP contribution in [0.15, 0.2) is 181 Å². The highest BCUT2D eigenvalue weighted by Crippen LogP contribution is 2.44. The summed E-state index contributed by atoms with van der Waals surface area (Å²) in [6, 6.07) is 36.9. The SMILES string of the molecule is C=CC1=C(/C=C\C)CN(c2ccc(-c3cccc(-c4ccc5c6cccc7cccc(c8cccc4c85)c76)n3)cc2N=C)C(C=C)=C1C=C. The summed E-state index contributed by atoms with van der Waals surface area (Å²) in [5.74, 6) is 0. The maximum absolute atomic E-state index is 5.24. The van der Waals surface area contributed by atoms with Crippen LogP contribution in [0.3, 0.4) is 0 Å². The van der Waals surface area contributed by atoms with Gasteiger partial charge in [-0.25, -0.2) is 4.98 Å². The molecule has 0 spiro atoms. The first-order chi connectivity index (χ1) is 24.1. The van der Waals surface area contributed by atoms with E-state index in [1.807, 2.05) is 31.2 Å². The molecule has 0 aliphatic carbocycles. The van der Waals surface area contributed by atoms with E-state index in [0.29, 0.717) is 6.54 Å². The van der Waals surface area contributed by atoms with Crippen molar-refractivity contribution in [2.24, 2.45) is 4.99 Å². The van der Waals surface area contributed by atoms with Crippen LogP contribution < -0.4 is 4.90 Å². The number of aromatic nitrogens is 1. The van der Waals surface area contributed by atoms with Gasteiger partial charge in [0.1, 0.15) is 0 Å². The molecule has 0 bridgehead atoms. The van der Waals surface area contributed by atoms with Gasteiger partial charge in [0.15, 0.2) is 0 Å². The third kappa shape index (κ3) is 4.66. The summed E-state index contributed by atoms with van der Waals surface area (Å²) in [4.78, 5) is 12.0. The minimum atomic E-state index is 0.643. The van der Waals surface area contributed by atoms with Gasteiger partial charge < -0.3 is 4.90 Å². The standard InChI is InChI=1S/C46H35N3/c1-6-14-31-28-49(43(9-4)33(8-3)32(31)7-2)44-26-23-30(27-42(44)47-5)40-21-13-22-41(48-40)34-24-25-39-37-18-11-16-29-15-10-17-36(45(29)37)38-20-12-19-35(34)46(38)39/h6-27H,2-5,28H2,1H3/b14-6-. The van der Waals surface area contributed by atoms with Gasteiger partial charge in [-0.3, -0.25) is 4.99 Å². The molecule has 0 N–H and O–H groups in total. The van der Waals surface area contributed by atoms with Crippen LogP contribution in [0, 0.1) is 0 Å². The van der Waals surface area contributed by atoms with Crippen LogP contribution in [0.2, 0.25) is 0 Å². The fourth-order valence-electron chi connectivity index (χ4n) is 7.68. The molecule has 0 saturated carbocycles. The van der Waals surface area contributed by atoms with E-state index in [4.69, 9.17) is 4.98 Å². The minimum Gasteiger partial charge on any atom is -0.335 e. The van der Waals surface area contributed by atoms with Crippen LogP contribution in [0.4, 0.5) is 11.4 Å². The van der Waals surface area contributed by atoms with Crippen molar-refractivity contribution in [3.63, 3.8) is 0 Å². The summed E-state index contributed by atoms with van der Waals surface area (Å²) >= 11 is 0. The second-order valence-electron chi connectivity index (χ2n) is 12.3. The van der Waals surface area contributed by atoms with Gasteiger partial charge in [0.25, 0.3) is 0 Å². The number of benzene rings is 6. The Hall–Kier alpha value is -6.32. The molecule has 3 nitrogen and oxygen atoms in total. The third-order valence-corrected chi connectivity index (χ3v) is 9.78. The second kappa shape index (κ2) is 12.0. The molecule has 1 aliphatic rings. The van der Waals surface area contributed by atoms with Crippen molar-refractivity contribution >= 4 is 61.2 Å². The molecular formula is C46H35N3. The van der Waals surface area contributed by atoms with Crippen LogP contribution in [0.5, 0.6) is 0 Å². The Morgan fingerprint density at radius 1 is 0.673 bits per heavy atom. The molecule has 1 aliphatic heterocycles. The summed E-state index contributed by atoms with van der Waals surface area (Å²) in [5, 5.41) is 10.2. The molecule has 234 valence electrons. The summed E-state index contributed by atoms with van der Waals surface area (Å²) in [5.41, 5.74) is 9.73. The Morgan fingerprint density at radius 2 is 1.33 bits per heavy atom. The van der Waals surface area contributed by atoms with Crippen LogP contribution in [0.1, 0.15) is 6.92 Å². The number of aliphatic imine (C=N–C) groups is 1. The maximum Gasteiger partial charge on any atom is 0.0866 e. The number of fused-ring (bicyclic) bond motifs is 2. The summed E-state index contributed by atoms with van der Waals surface area (Å²) in [7, 11) is 0. The smallest absolute Gasteiger partial charge is 0.0866 e. The molecule has 0 fully saturated rings. The number of hydrogen-bond donors (Lipinski definition) is 0. The lowest BCUT2D eigenvalue weighted by molar-refractivity contribution is 0.968. The Morgan fingerprint density at radius 3 is 2.02 bits per heavy atom. The van der Waals surface area contributed by atoms with Crippen LogP contribution >= 0.6 is 0 Å². The van der Waals surface area contributed by atoms with E-state index in [0.717, 1.165) is 56.3 Å². The van der Waals surface area contributed by atoms with Gasteiger partial charge in [-0.2, -0.15) is 0 Å². The van der Waals surface area contributed by atoms with Crippen LogP contribution in [0.25, 0.3) is 65.6 Å². The first-order valence-corrected chi connectivity index (χ1v) is 16.5. The normalized spacial score (nSPS) is 13.8. The highest BCUT2D eigenvalue weighted by Gasteiger charge is 2.25. The molecule has 0 unspecified atom stereocenters. The summed E-state index contributed by atoms with van der Waals surface area (Å²) < 4.78 is 0. The summed E-state index contributed by atoms with van der Waals surface area (Å²) in [6.07, 6.45) is 9.81. The van der Waals surface area contributed by atoms with E-state index in [1.54, 1.807) is 0 Å². The molecule has 1 aromatic heterocycles. The van der Waals surface area contributed by atoms with Gasteiger partial charge in [0.05, 0.1) is 22.8 Å². The summed E-state index contributed by atoms with van der Waals surface area (Å²) in [6.45, 7) is 18.9. The van der Waals surface area contributed by atoms with E-state index in [1.165, 1.54) is 43.1 Å². The maximum atomic E-state index is 5.24. The van der Waals surface area contributed by atoms with Crippen molar-refractivity contribution in [3.05, 3.63) is 176 Å². The molecule has 3 heteroatoms. The van der Waals surface area contributed by atoms with E-state index in [2.05, 4.69) is 146 Å². The Bertz CT molecular complexity index is 2560. The average Bonchev–Trinajstić information content (AvgIpc) is 3.16. The van der Waals surface area contributed by atoms with Crippen molar-refractivity contribution in [2.75, 3.05) is 11.4 Å².